The Morgan fingerprint density at radius 1 is 1.09 bits per heavy atom. The van der Waals surface area contributed by atoms with E-state index in [1.165, 1.54) is 39.6 Å². The SMILES string of the molecule is C[C@H](NC(=O)C1CCN(S(=O)(=O)c2ccc(-n3cnnn3)cc2)CC1)c1ccc(F)cc1. The van der Waals surface area contributed by atoms with Crippen molar-refractivity contribution >= 4 is 15.9 Å². The number of carbonyl (C=O) groups is 1. The molecule has 4 rings (SSSR count). The summed E-state index contributed by atoms with van der Waals surface area (Å²) in [5.74, 6) is -0.720. The van der Waals surface area contributed by atoms with E-state index in [-0.39, 0.29) is 41.7 Å². The molecule has 1 amide bonds. The van der Waals surface area contributed by atoms with Crippen molar-refractivity contribution in [3.05, 3.63) is 66.2 Å². The Kier molecular flexibility index (Phi) is 6.28. The number of aromatic nitrogens is 4. The van der Waals surface area contributed by atoms with E-state index in [4.69, 9.17) is 0 Å². The molecule has 0 spiro atoms. The van der Waals surface area contributed by atoms with Gasteiger partial charge in [-0.25, -0.2) is 17.5 Å². The highest BCUT2D eigenvalue weighted by Crippen LogP contribution is 2.25. The fourth-order valence-electron chi connectivity index (χ4n) is 3.72. The zero-order valence-corrected chi connectivity index (χ0v) is 18.2. The van der Waals surface area contributed by atoms with Gasteiger partial charge in [-0.15, -0.1) is 5.10 Å². The standard InChI is InChI=1S/C21H23FN6O3S/c1-15(16-2-4-18(22)5-3-16)24-21(29)17-10-12-27(13-11-17)32(30,31)20-8-6-19(7-9-20)28-14-23-25-26-28/h2-9,14-15,17H,10-13H2,1H3,(H,24,29)/t15-/m0/s1. The average Bonchev–Trinajstić information content (AvgIpc) is 3.35. The Bertz CT molecular complexity index is 1160. The van der Waals surface area contributed by atoms with Crippen LogP contribution in [0.4, 0.5) is 4.39 Å². The molecule has 1 atom stereocenters. The maximum atomic E-state index is 13.1. The van der Waals surface area contributed by atoms with Crippen molar-refractivity contribution < 1.29 is 17.6 Å². The van der Waals surface area contributed by atoms with Gasteiger partial charge in [0, 0.05) is 19.0 Å². The summed E-state index contributed by atoms with van der Waals surface area (Å²) in [5.41, 5.74) is 1.46. The summed E-state index contributed by atoms with van der Waals surface area (Å²) in [6.45, 7) is 2.37. The Labute approximate surface area is 185 Å². The topological polar surface area (TPSA) is 110 Å². The third-order valence-corrected chi connectivity index (χ3v) is 7.55. The lowest BCUT2D eigenvalue weighted by atomic mass is 9.96. The van der Waals surface area contributed by atoms with Crippen LogP contribution in [0.5, 0.6) is 0 Å². The molecule has 2 heterocycles. The van der Waals surface area contributed by atoms with Crippen molar-refractivity contribution in [2.45, 2.75) is 30.7 Å². The molecule has 3 aromatic rings. The van der Waals surface area contributed by atoms with Crippen LogP contribution < -0.4 is 5.32 Å². The van der Waals surface area contributed by atoms with Crippen LogP contribution in [0, 0.1) is 11.7 Å². The molecule has 0 unspecified atom stereocenters. The monoisotopic (exact) mass is 458 g/mol. The lowest BCUT2D eigenvalue weighted by Crippen LogP contribution is -2.43. The van der Waals surface area contributed by atoms with E-state index in [2.05, 4.69) is 20.8 Å². The van der Waals surface area contributed by atoms with Crippen molar-refractivity contribution in [1.29, 1.82) is 0 Å². The molecule has 1 aromatic heterocycles. The molecule has 1 aliphatic rings. The first-order valence-electron chi connectivity index (χ1n) is 10.2. The van der Waals surface area contributed by atoms with Gasteiger partial charge in [-0.05, 0) is 72.2 Å². The minimum absolute atomic E-state index is 0.121. The smallest absolute Gasteiger partial charge is 0.243 e. The van der Waals surface area contributed by atoms with E-state index in [1.54, 1.807) is 24.3 Å². The van der Waals surface area contributed by atoms with Crippen LogP contribution in [-0.4, -0.2) is 51.9 Å². The fraction of sp³-hybridized carbons (Fsp3) is 0.333. The minimum Gasteiger partial charge on any atom is -0.349 e. The van der Waals surface area contributed by atoms with Crippen LogP contribution in [0.15, 0.2) is 59.8 Å². The number of rotatable bonds is 6. The van der Waals surface area contributed by atoms with Crippen molar-refractivity contribution in [3.8, 4) is 5.69 Å². The predicted octanol–water partition coefficient (Wildman–Crippen LogP) is 2.08. The predicted molar refractivity (Wildman–Crippen MR) is 114 cm³/mol. The number of nitrogens with one attached hydrogen (secondary N) is 1. The van der Waals surface area contributed by atoms with Gasteiger partial charge in [-0.1, -0.05) is 12.1 Å². The molecule has 9 nitrogen and oxygen atoms in total. The van der Waals surface area contributed by atoms with Crippen LogP contribution in [0.3, 0.4) is 0 Å². The highest BCUT2D eigenvalue weighted by atomic mass is 32.2. The molecule has 0 bridgehead atoms. The van der Waals surface area contributed by atoms with Gasteiger partial charge in [0.1, 0.15) is 12.1 Å². The van der Waals surface area contributed by atoms with E-state index in [1.807, 2.05) is 6.92 Å². The number of benzene rings is 2. The molecule has 32 heavy (non-hydrogen) atoms. The lowest BCUT2D eigenvalue weighted by molar-refractivity contribution is -0.126. The number of carbonyl (C=O) groups excluding carboxylic acids is 1. The second-order valence-corrected chi connectivity index (χ2v) is 9.65. The maximum Gasteiger partial charge on any atom is 0.243 e. The third-order valence-electron chi connectivity index (χ3n) is 5.64. The Balaban J connectivity index is 1.35. The molecule has 11 heteroatoms. The number of sulfonamides is 1. The van der Waals surface area contributed by atoms with Gasteiger partial charge in [-0.3, -0.25) is 4.79 Å². The van der Waals surface area contributed by atoms with E-state index in [0.717, 1.165) is 5.56 Å². The molecule has 2 aromatic carbocycles. The summed E-state index contributed by atoms with van der Waals surface area (Å²) in [6, 6.07) is 12.1. The summed E-state index contributed by atoms with van der Waals surface area (Å²) in [6.07, 6.45) is 2.30. The van der Waals surface area contributed by atoms with Gasteiger partial charge < -0.3 is 5.32 Å². The van der Waals surface area contributed by atoms with Crippen LogP contribution in [0.2, 0.25) is 0 Å². The highest BCUT2D eigenvalue weighted by Gasteiger charge is 2.32. The Morgan fingerprint density at radius 3 is 2.34 bits per heavy atom. The number of nitrogens with zero attached hydrogens (tertiary/aromatic N) is 5. The third kappa shape index (κ3) is 4.68. The highest BCUT2D eigenvalue weighted by molar-refractivity contribution is 7.89. The zero-order valence-electron chi connectivity index (χ0n) is 17.4. The first-order chi connectivity index (χ1) is 15.3. The van der Waals surface area contributed by atoms with Gasteiger partial charge in [0.2, 0.25) is 15.9 Å². The Hall–Kier alpha value is -3.18. The molecule has 1 fully saturated rings. The maximum absolute atomic E-state index is 13.1. The molecule has 1 aliphatic heterocycles. The lowest BCUT2D eigenvalue weighted by Gasteiger charge is -2.31. The van der Waals surface area contributed by atoms with Crippen LogP contribution in [0.25, 0.3) is 5.69 Å². The zero-order chi connectivity index (χ0) is 22.7. The van der Waals surface area contributed by atoms with E-state index < -0.39 is 10.0 Å². The number of hydrogen-bond acceptors (Lipinski definition) is 6. The van der Waals surface area contributed by atoms with Crippen molar-refractivity contribution in [1.82, 2.24) is 29.8 Å². The van der Waals surface area contributed by atoms with Gasteiger partial charge in [0.05, 0.1) is 16.6 Å². The number of tetrazole rings is 1. The second kappa shape index (κ2) is 9.13. The Morgan fingerprint density at radius 2 is 1.75 bits per heavy atom. The average molecular weight is 459 g/mol. The molecule has 0 aliphatic carbocycles. The summed E-state index contributed by atoms with van der Waals surface area (Å²) < 4.78 is 41.9. The van der Waals surface area contributed by atoms with Crippen LogP contribution >= 0.6 is 0 Å². The first-order valence-corrected chi connectivity index (χ1v) is 11.7. The minimum atomic E-state index is -3.66. The molecular formula is C21H23FN6O3S. The number of amides is 1. The van der Waals surface area contributed by atoms with Gasteiger partial charge >= 0.3 is 0 Å². The molecule has 0 radical (unpaired) electrons. The second-order valence-electron chi connectivity index (χ2n) is 7.71. The van der Waals surface area contributed by atoms with E-state index in [9.17, 15) is 17.6 Å². The van der Waals surface area contributed by atoms with Crippen molar-refractivity contribution in [2.75, 3.05) is 13.1 Å². The van der Waals surface area contributed by atoms with E-state index >= 15 is 0 Å². The largest absolute Gasteiger partial charge is 0.349 e. The van der Waals surface area contributed by atoms with Crippen molar-refractivity contribution in [2.24, 2.45) is 5.92 Å². The molecule has 1 saturated heterocycles. The first kappa shape index (κ1) is 22.0. The quantitative estimate of drug-likeness (QED) is 0.606. The molecule has 0 saturated carbocycles. The number of hydrogen-bond donors (Lipinski definition) is 1. The van der Waals surface area contributed by atoms with Gasteiger partial charge in [0.25, 0.3) is 0 Å². The van der Waals surface area contributed by atoms with E-state index in [0.29, 0.717) is 18.5 Å². The summed E-state index contributed by atoms with van der Waals surface area (Å²) in [7, 11) is -3.66. The number of piperidine rings is 1. The normalized spacial score (nSPS) is 16.6. The summed E-state index contributed by atoms with van der Waals surface area (Å²) in [5, 5.41) is 13.8. The van der Waals surface area contributed by atoms with Crippen molar-refractivity contribution in [3.63, 3.8) is 0 Å². The number of halogens is 1. The summed E-state index contributed by atoms with van der Waals surface area (Å²) in [4.78, 5) is 12.8. The molecule has 1 N–H and O–H groups in total. The van der Waals surface area contributed by atoms with Gasteiger partial charge in [0.15, 0.2) is 0 Å². The molecule has 168 valence electrons. The van der Waals surface area contributed by atoms with Crippen LogP contribution in [0.1, 0.15) is 31.4 Å². The van der Waals surface area contributed by atoms with Gasteiger partial charge in [-0.2, -0.15) is 4.31 Å². The molecular weight excluding hydrogens is 435 g/mol. The fourth-order valence-corrected chi connectivity index (χ4v) is 5.19. The summed E-state index contributed by atoms with van der Waals surface area (Å²) >= 11 is 0. The van der Waals surface area contributed by atoms with Crippen LogP contribution in [-0.2, 0) is 14.8 Å².